The molecule has 0 saturated carbocycles. The smallest absolute Gasteiger partial charge is 0.264 e. The lowest BCUT2D eigenvalue weighted by Gasteiger charge is -2.14. The summed E-state index contributed by atoms with van der Waals surface area (Å²) in [4.78, 5) is 13.5. The van der Waals surface area contributed by atoms with Crippen molar-refractivity contribution >= 4 is 16.0 Å². The first-order valence-corrected chi connectivity index (χ1v) is 13.8. The van der Waals surface area contributed by atoms with Gasteiger partial charge in [-0.15, -0.1) is 0 Å². The van der Waals surface area contributed by atoms with Crippen molar-refractivity contribution in [2.75, 3.05) is 19.3 Å². The Kier molecular flexibility index (Phi) is 19.5. The number of hydrogen-bond acceptors (Lipinski definition) is 3. The number of likely N-dealkylation sites (N-methyl/N-ethyl adjacent to an activating group) is 1. The molecule has 0 radical (unpaired) electrons. The van der Waals surface area contributed by atoms with E-state index >= 15 is 0 Å². The predicted molar refractivity (Wildman–Crippen MR) is 127 cm³/mol. The average Bonchev–Trinajstić information content (AvgIpc) is 2.69. The molecular formula is C24H47NO4S. The van der Waals surface area contributed by atoms with Crippen LogP contribution in [0.2, 0.25) is 0 Å². The lowest BCUT2D eigenvalue weighted by atomic mass is 10.0. The van der Waals surface area contributed by atoms with E-state index in [9.17, 15) is 13.2 Å². The van der Waals surface area contributed by atoms with Crippen molar-refractivity contribution in [3.05, 3.63) is 12.2 Å². The molecular weight excluding hydrogens is 398 g/mol. The zero-order valence-corrected chi connectivity index (χ0v) is 20.4. The minimum Gasteiger partial charge on any atom is -0.342 e. The van der Waals surface area contributed by atoms with Crippen LogP contribution >= 0.6 is 0 Å². The van der Waals surface area contributed by atoms with Gasteiger partial charge in [-0.1, -0.05) is 96.5 Å². The molecule has 1 N–H and O–H groups in total. The van der Waals surface area contributed by atoms with E-state index in [1.165, 1.54) is 83.5 Å². The normalized spacial score (nSPS) is 12.0. The molecule has 178 valence electrons. The number of hydrogen-bond donors (Lipinski definition) is 1. The second kappa shape index (κ2) is 20.0. The highest BCUT2D eigenvalue weighted by molar-refractivity contribution is 7.85. The van der Waals surface area contributed by atoms with Crippen LogP contribution in [0.25, 0.3) is 0 Å². The van der Waals surface area contributed by atoms with Gasteiger partial charge >= 0.3 is 0 Å². The molecule has 30 heavy (non-hydrogen) atoms. The quantitative estimate of drug-likeness (QED) is 0.124. The van der Waals surface area contributed by atoms with Crippen molar-refractivity contribution in [1.82, 2.24) is 4.90 Å². The predicted octanol–water partition coefficient (Wildman–Crippen LogP) is 6.54. The SMILES string of the molecule is CCCCCCCCCCCCCCCC/C=C/C(=O)N(C)CCCCS(=O)(=O)O. The summed E-state index contributed by atoms with van der Waals surface area (Å²) in [6.45, 7) is 2.76. The maximum Gasteiger partial charge on any atom is 0.264 e. The van der Waals surface area contributed by atoms with Crippen LogP contribution in [0.15, 0.2) is 12.2 Å². The van der Waals surface area contributed by atoms with Crippen LogP contribution in [-0.2, 0) is 14.9 Å². The van der Waals surface area contributed by atoms with Gasteiger partial charge in [0, 0.05) is 13.6 Å². The van der Waals surface area contributed by atoms with Gasteiger partial charge in [-0.25, -0.2) is 0 Å². The molecule has 6 heteroatoms. The largest absolute Gasteiger partial charge is 0.342 e. The summed E-state index contributed by atoms with van der Waals surface area (Å²) in [6.07, 6.45) is 24.3. The Labute approximate surface area is 186 Å². The van der Waals surface area contributed by atoms with Crippen molar-refractivity contribution in [2.45, 2.75) is 116 Å². The molecule has 0 unspecified atom stereocenters. The zero-order chi connectivity index (χ0) is 22.5. The lowest BCUT2D eigenvalue weighted by molar-refractivity contribution is -0.124. The molecule has 0 aromatic rings. The third-order valence-corrected chi connectivity index (χ3v) is 6.31. The van der Waals surface area contributed by atoms with Gasteiger partial charge in [0.2, 0.25) is 5.91 Å². The third-order valence-electron chi connectivity index (χ3n) is 5.51. The number of unbranched alkanes of at least 4 members (excludes halogenated alkanes) is 15. The molecule has 0 fully saturated rings. The minimum atomic E-state index is -3.90. The van der Waals surface area contributed by atoms with Gasteiger partial charge < -0.3 is 4.90 Å². The topological polar surface area (TPSA) is 74.7 Å². The Morgan fingerprint density at radius 1 is 0.767 bits per heavy atom. The van der Waals surface area contributed by atoms with Gasteiger partial charge in [0.25, 0.3) is 10.1 Å². The van der Waals surface area contributed by atoms with Crippen LogP contribution < -0.4 is 0 Å². The van der Waals surface area contributed by atoms with Crippen molar-refractivity contribution in [3.8, 4) is 0 Å². The molecule has 0 aromatic heterocycles. The molecule has 0 rings (SSSR count). The first-order chi connectivity index (χ1) is 14.4. The summed E-state index contributed by atoms with van der Waals surface area (Å²) in [6, 6.07) is 0. The second-order valence-corrected chi connectivity index (χ2v) is 10.1. The molecule has 0 aliphatic carbocycles. The fourth-order valence-electron chi connectivity index (χ4n) is 3.51. The van der Waals surface area contributed by atoms with E-state index in [0.29, 0.717) is 19.4 Å². The second-order valence-electron chi connectivity index (χ2n) is 8.54. The summed E-state index contributed by atoms with van der Waals surface area (Å²) < 4.78 is 30.0. The first kappa shape index (κ1) is 29.1. The fourth-order valence-corrected chi connectivity index (χ4v) is 4.08. The highest BCUT2D eigenvalue weighted by Crippen LogP contribution is 2.13. The molecule has 0 aliphatic rings. The van der Waals surface area contributed by atoms with E-state index in [2.05, 4.69) is 6.92 Å². The molecule has 0 spiro atoms. The summed E-state index contributed by atoms with van der Waals surface area (Å²) in [5.41, 5.74) is 0. The third kappa shape index (κ3) is 21.8. The average molecular weight is 446 g/mol. The molecule has 0 heterocycles. The minimum absolute atomic E-state index is 0.0489. The van der Waals surface area contributed by atoms with E-state index in [0.717, 1.165) is 12.8 Å². The van der Waals surface area contributed by atoms with Crippen LogP contribution in [-0.4, -0.2) is 43.1 Å². The molecule has 0 saturated heterocycles. The Morgan fingerprint density at radius 2 is 1.23 bits per heavy atom. The standard InChI is InChI=1S/C24H47NO4S/c1-3-4-5-6-7-8-9-10-11-12-13-14-15-16-17-18-21-24(26)25(2)22-19-20-23-30(27,28)29/h18,21H,3-17,19-20,22-23H2,1-2H3,(H,27,28,29)/b21-18+. The monoisotopic (exact) mass is 445 g/mol. The summed E-state index contributed by atoms with van der Waals surface area (Å²) in [5.74, 6) is -0.295. The zero-order valence-electron chi connectivity index (χ0n) is 19.6. The summed E-state index contributed by atoms with van der Waals surface area (Å²) >= 11 is 0. The molecule has 0 bridgehead atoms. The van der Waals surface area contributed by atoms with E-state index in [4.69, 9.17) is 4.55 Å². The molecule has 0 aliphatic heterocycles. The number of nitrogens with zero attached hydrogens (tertiary/aromatic N) is 1. The molecule has 0 aromatic carbocycles. The highest BCUT2D eigenvalue weighted by atomic mass is 32.2. The van der Waals surface area contributed by atoms with E-state index < -0.39 is 10.1 Å². The number of carbonyl (C=O) groups is 1. The van der Waals surface area contributed by atoms with E-state index in [1.54, 1.807) is 18.0 Å². The van der Waals surface area contributed by atoms with Crippen LogP contribution in [0.4, 0.5) is 0 Å². The highest BCUT2D eigenvalue weighted by Gasteiger charge is 2.07. The molecule has 5 nitrogen and oxygen atoms in total. The Hall–Kier alpha value is -0.880. The van der Waals surface area contributed by atoms with Crippen molar-refractivity contribution in [3.63, 3.8) is 0 Å². The molecule has 1 amide bonds. The van der Waals surface area contributed by atoms with Crippen LogP contribution in [0.5, 0.6) is 0 Å². The van der Waals surface area contributed by atoms with Gasteiger partial charge in [-0.2, -0.15) is 8.42 Å². The number of rotatable bonds is 21. The maximum absolute atomic E-state index is 12.0. The van der Waals surface area contributed by atoms with Gasteiger partial charge in [0.05, 0.1) is 5.75 Å². The lowest BCUT2D eigenvalue weighted by Crippen LogP contribution is -2.26. The fraction of sp³-hybridized carbons (Fsp3) is 0.875. The summed E-state index contributed by atoms with van der Waals surface area (Å²) in [5, 5.41) is 0. The number of amides is 1. The van der Waals surface area contributed by atoms with Crippen molar-refractivity contribution < 1.29 is 17.8 Å². The Balaban J connectivity index is 3.42. The number of carbonyl (C=O) groups excluding carboxylic acids is 1. The van der Waals surface area contributed by atoms with Crippen molar-refractivity contribution in [2.24, 2.45) is 0 Å². The van der Waals surface area contributed by atoms with Crippen LogP contribution in [0.1, 0.15) is 116 Å². The molecule has 0 atom stereocenters. The maximum atomic E-state index is 12.0. The Morgan fingerprint density at radius 3 is 1.70 bits per heavy atom. The summed E-state index contributed by atoms with van der Waals surface area (Å²) in [7, 11) is -2.18. The van der Waals surface area contributed by atoms with E-state index in [1.807, 2.05) is 6.08 Å². The van der Waals surface area contributed by atoms with Gasteiger partial charge in [-0.3, -0.25) is 9.35 Å². The first-order valence-electron chi connectivity index (χ1n) is 12.2. The number of allylic oxidation sites excluding steroid dienone is 1. The van der Waals surface area contributed by atoms with Gasteiger partial charge in [0.15, 0.2) is 0 Å². The van der Waals surface area contributed by atoms with Crippen LogP contribution in [0, 0.1) is 0 Å². The van der Waals surface area contributed by atoms with Gasteiger partial charge in [-0.05, 0) is 31.8 Å². The van der Waals surface area contributed by atoms with Crippen molar-refractivity contribution in [1.29, 1.82) is 0 Å². The van der Waals surface area contributed by atoms with Crippen LogP contribution in [0.3, 0.4) is 0 Å². The van der Waals surface area contributed by atoms with Gasteiger partial charge in [0.1, 0.15) is 0 Å². The Bertz CT molecular complexity index is 531. The van der Waals surface area contributed by atoms with E-state index in [-0.39, 0.29) is 11.7 Å².